The fraction of sp³-hybridized carbons (Fsp3) is 0.158. The first-order valence-corrected chi connectivity index (χ1v) is 7.47. The maximum atomic E-state index is 12.1. The van der Waals surface area contributed by atoms with Gasteiger partial charge in [-0.3, -0.25) is 4.79 Å². The molecule has 5 nitrogen and oxygen atoms in total. The average molecular weight is 321 g/mol. The van der Waals surface area contributed by atoms with Crippen LogP contribution in [-0.4, -0.2) is 13.0 Å². The van der Waals surface area contributed by atoms with Crippen molar-refractivity contribution in [3.8, 4) is 11.8 Å². The molecule has 1 amide bonds. The van der Waals surface area contributed by atoms with Gasteiger partial charge in [0.2, 0.25) is 0 Å². The lowest BCUT2D eigenvalue weighted by atomic mass is 10.2. The smallest absolute Gasteiger partial charge is 0.267 e. The number of carbonyl (C=O) groups is 1. The van der Waals surface area contributed by atoms with Gasteiger partial charge < -0.3 is 15.4 Å². The van der Waals surface area contributed by atoms with Crippen LogP contribution in [0.5, 0.6) is 5.75 Å². The molecule has 2 aromatic carbocycles. The van der Waals surface area contributed by atoms with Crippen LogP contribution in [0.2, 0.25) is 0 Å². The van der Waals surface area contributed by atoms with Crippen LogP contribution < -0.4 is 15.4 Å². The second-order valence-electron chi connectivity index (χ2n) is 5.22. The fourth-order valence-electron chi connectivity index (χ4n) is 2.04. The van der Waals surface area contributed by atoms with Crippen molar-refractivity contribution >= 4 is 11.6 Å². The number of rotatable bonds is 6. The summed E-state index contributed by atoms with van der Waals surface area (Å²) in [5, 5.41) is 14.8. The summed E-state index contributed by atoms with van der Waals surface area (Å²) < 4.78 is 5.16. The summed E-state index contributed by atoms with van der Waals surface area (Å²) >= 11 is 0. The van der Waals surface area contributed by atoms with Crippen molar-refractivity contribution in [1.82, 2.24) is 5.32 Å². The number of methoxy groups -OCH3 is 1. The molecule has 2 rings (SSSR count). The van der Waals surface area contributed by atoms with Gasteiger partial charge in [0.05, 0.1) is 7.11 Å². The molecule has 24 heavy (non-hydrogen) atoms. The third kappa shape index (κ3) is 4.89. The van der Waals surface area contributed by atoms with Gasteiger partial charge in [-0.05, 0) is 36.8 Å². The molecule has 2 N–H and O–H groups in total. The van der Waals surface area contributed by atoms with Crippen molar-refractivity contribution in [2.45, 2.75) is 13.5 Å². The topological polar surface area (TPSA) is 74.1 Å². The van der Waals surface area contributed by atoms with Crippen molar-refractivity contribution in [3.63, 3.8) is 0 Å². The summed E-state index contributed by atoms with van der Waals surface area (Å²) in [6.07, 6.45) is 1.42. The Labute approximate surface area is 141 Å². The zero-order chi connectivity index (χ0) is 17.4. The lowest BCUT2D eigenvalue weighted by Gasteiger charge is -2.06. The number of carbonyl (C=O) groups excluding carboxylic acids is 1. The maximum absolute atomic E-state index is 12.1. The van der Waals surface area contributed by atoms with E-state index in [1.54, 1.807) is 19.2 Å². The number of amides is 1. The van der Waals surface area contributed by atoms with Gasteiger partial charge in [-0.2, -0.15) is 5.26 Å². The molecule has 0 saturated carbocycles. The highest BCUT2D eigenvalue weighted by atomic mass is 16.5. The molecule has 0 saturated heterocycles. The van der Waals surface area contributed by atoms with E-state index in [0.717, 1.165) is 16.9 Å². The Hall–Kier alpha value is -3.26. The number of hydrogen-bond donors (Lipinski definition) is 2. The highest BCUT2D eigenvalue weighted by molar-refractivity contribution is 6.06. The number of benzene rings is 2. The number of anilines is 1. The number of nitrogens with one attached hydrogen (secondary N) is 2. The van der Waals surface area contributed by atoms with E-state index in [1.807, 2.05) is 49.4 Å². The van der Waals surface area contributed by atoms with E-state index >= 15 is 0 Å². The summed E-state index contributed by atoms with van der Waals surface area (Å²) in [4.78, 5) is 12.1. The summed E-state index contributed by atoms with van der Waals surface area (Å²) in [7, 11) is 1.61. The van der Waals surface area contributed by atoms with Crippen LogP contribution in [0.25, 0.3) is 0 Å². The summed E-state index contributed by atoms with van der Waals surface area (Å²) in [6, 6.07) is 16.9. The van der Waals surface area contributed by atoms with E-state index in [-0.39, 0.29) is 5.57 Å². The summed E-state index contributed by atoms with van der Waals surface area (Å²) in [5.41, 5.74) is 2.75. The molecule has 0 radical (unpaired) electrons. The minimum absolute atomic E-state index is 0.0125. The van der Waals surface area contributed by atoms with Crippen LogP contribution in [-0.2, 0) is 11.3 Å². The quantitative estimate of drug-likeness (QED) is 0.633. The van der Waals surface area contributed by atoms with Crippen molar-refractivity contribution in [1.29, 1.82) is 5.26 Å². The Balaban J connectivity index is 1.96. The molecule has 0 fully saturated rings. The van der Waals surface area contributed by atoms with Gasteiger partial charge in [0.1, 0.15) is 17.4 Å². The van der Waals surface area contributed by atoms with Crippen molar-refractivity contribution in [2.75, 3.05) is 12.4 Å². The third-order valence-corrected chi connectivity index (χ3v) is 3.36. The van der Waals surface area contributed by atoms with Crippen molar-refractivity contribution < 1.29 is 9.53 Å². The fourth-order valence-corrected chi connectivity index (χ4v) is 2.04. The van der Waals surface area contributed by atoms with Crippen LogP contribution >= 0.6 is 0 Å². The van der Waals surface area contributed by atoms with Crippen LogP contribution in [0.3, 0.4) is 0 Å². The van der Waals surface area contributed by atoms with Crippen LogP contribution in [0.4, 0.5) is 5.69 Å². The predicted molar refractivity (Wildman–Crippen MR) is 93.3 cm³/mol. The molecular formula is C19H19N3O2. The molecule has 0 atom stereocenters. The zero-order valence-corrected chi connectivity index (χ0v) is 13.7. The summed E-state index contributed by atoms with van der Waals surface area (Å²) in [5.74, 6) is 0.315. The third-order valence-electron chi connectivity index (χ3n) is 3.36. The number of nitriles is 1. The van der Waals surface area contributed by atoms with Gasteiger partial charge in [-0.1, -0.05) is 29.8 Å². The number of nitrogens with zero attached hydrogens (tertiary/aromatic N) is 1. The molecule has 122 valence electrons. The maximum Gasteiger partial charge on any atom is 0.267 e. The van der Waals surface area contributed by atoms with E-state index in [0.29, 0.717) is 12.2 Å². The van der Waals surface area contributed by atoms with Gasteiger partial charge in [0.15, 0.2) is 0 Å². The summed E-state index contributed by atoms with van der Waals surface area (Å²) in [6.45, 7) is 2.45. The normalized spacial score (nSPS) is 10.6. The van der Waals surface area contributed by atoms with Gasteiger partial charge >= 0.3 is 0 Å². The minimum atomic E-state index is -0.445. The number of aryl methyl sites for hydroxylation is 1. The average Bonchev–Trinajstić information content (AvgIpc) is 2.61. The standard InChI is InChI=1S/C19H19N3O2/c1-14-6-8-17(9-7-14)22-19(23)16(11-20)13-21-12-15-4-3-5-18(10-15)24-2/h3-10,13,21H,12H2,1-2H3,(H,22,23)/b16-13-. The number of ether oxygens (including phenoxy) is 1. The van der Waals surface area contributed by atoms with E-state index in [4.69, 9.17) is 10.00 Å². The first-order chi connectivity index (χ1) is 11.6. The van der Waals surface area contributed by atoms with E-state index in [9.17, 15) is 4.79 Å². The lowest BCUT2D eigenvalue weighted by Crippen LogP contribution is -2.16. The van der Waals surface area contributed by atoms with Gasteiger partial charge in [0, 0.05) is 18.4 Å². The molecule has 0 bridgehead atoms. The lowest BCUT2D eigenvalue weighted by molar-refractivity contribution is -0.112. The van der Waals surface area contributed by atoms with Crippen LogP contribution in [0, 0.1) is 18.3 Å². The molecular weight excluding hydrogens is 302 g/mol. The molecule has 2 aromatic rings. The second kappa shape index (κ2) is 8.39. The van der Waals surface area contributed by atoms with E-state index in [2.05, 4.69) is 10.6 Å². The Morgan fingerprint density at radius 3 is 2.67 bits per heavy atom. The molecule has 0 unspecified atom stereocenters. The van der Waals surface area contributed by atoms with E-state index in [1.165, 1.54) is 6.20 Å². The highest BCUT2D eigenvalue weighted by Gasteiger charge is 2.09. The molecule has 5 heteroatoms. The second-order valence-corrected chi connectivity index (χ2v) is 5.22. The molecule has 0 aliphatic heterocycles. The molecule has 0 aliphatic rings. The Bertz CT molecular complexity index is 774. The van der Waals surface area contributed by atoms with E-state index < -0.39 is 5.91 Å². The highest BCUT2D eigenvalue weighted by Crippen LogP contribution is 2.12. The Morgan fingerprint density at radius 2 is 2.00 bits per heavy atom. The SMILES string of the molecule is COc1cccc(CN/C=C(/C#N)C(=O)Nc2ccc(C)cc2)c1. The molecule has 0 aromatic heterocycles. The number of hydrogen-bond acceptors (Lipinski definition) is 4. The van der Waals surface area contributed by atoms with Crippen molar-refractivity contribution in [3.05, 3.63) is 71.4 Å². The minimum Gasteiger partial charge on any atom is -0.497 e. The molecule has 0 spiro atoms. The van der Waals surface area contributed by atoms with Crippen molar-refractivity contribution in [2.24, 2.45) is 0 Å². The Morgan fingerprint density at radius 1 is 1.25 bits per heavy atom. The van der Waals surface area contributed by atoms with Crippen LogP contribution in [0.15, 0.2) is 60.3 Å². The van der Waals surface area contributed by atoms with Gasteiger partial charge in [-0.15, -0.1) is 0 Å². The predicted octanol–water partition coefficient (Wildman–Crippen LogP) is 3.14. The van der Waals surface area contributed by atoms with Gasteiger partial charge in [0.25, 0.3) is 5.91 Å². The largest absolute Gasteiger partial charge is 0.497 e. The molecule has 0 heterocycles. The molecule has 0 aliphatic carbocycles. The Kier molecular flexibility index (Phi) is 5.98. The van der Waals surface area contributed by atoms with Gasteiger partial charge in [-0.25, -0.2) is 0 Å². The monoisotopic (exact) mass is 321 g/mol. The first kappa shape index (κ1) is 17.1. The first-order valence-electron chi connectivity index (χ1n) is 7.47. The zero-order valence-electron chi connectivity index (χ0n) is 13.7. The van der Waals surface area contributed by atoms with Crippen LogP contribution in [0.1, 0.15) is 11.1 Å².